The van der Waals surface area contributed by atoms with E-state index in [4.69, 9.17) is 14.2 Å². The Labute approximate surface area is 173 Å². The van der Waals surface area contributed by atoms with Gasteiger partial charge in [-0.1, -0.05) is 11.3 Å². The largest absolute Gasteiger partial charge is 0.497 e. The molecule has 3 heterocycles. The van der Waals surface area contributed by atoms with E-state index in [0.29, 0.717) is 17.4 Å². The number of nitrogens with one attached hydrogen (secondary N) is 2. The summed E-state index contributed by atoms with van der Waals surface area (Å²) in [6.45, 7) is 1.63. The summed E-state index contributed by atoms with van der Waals surface area (Å²) in [6, 6.07) is 7.38. The van der Waals surface area contributed by atoms with Crippen LogP contribution in [0.5, 0.6) is 11.5 Å². The van der Waals surface area contributed by atoms with Crippen molar-refractivity contribution in [3.05, 3.63) is 36.7 Å². The molecular formula is C20H23N5O3S. The van der Waals surface area contributed by atoms with Crippen LogP contribution in [-0.2, 0) is 4.74 Å². The normalized spacial score (nSPS) is 15.9. The summed E-state index contributed by atoms with van der Waals surface area (Å²) in [4.78, 5) is 14.4. The second-order valence-electron chi connectivity index (χ2n) is 6.50. The number of hydrogen-bond acceptors (Lipinski definition) is 9. The Morgan fingerprint density at radius 1 is 1.21 bits per heavy atom. The molecule has 0 saturated carbocycles. The summed E-state index contributed by atoms with van der Waals surface area (Å²) in [6.07, 6.45) is 6.04. The molecule has 1 aromatic carbocycles. The number of ether oxygens (including phenoxy) is 3. The van der Waals surface area contributed by atoms with Crippen molar-refractivity contribution in [3.8, 4) is 22.1 Å². The molecule has 0 spiro atoms. The van der Waals surface area contributed by atoms with Crippen molar-refractivity contribution in [2.24, 2.45) is 0 Å². The van der Waals surface area contributed by atoms with Gasteiger partial charge in [0.25, 0.3) is 0 Å². The Bertz CT molecular complexity index is 959. The summed E-state index contributed by atoms with van der Waals surface area (Å²) in [5.74, 6) is 1.86. The topological polar surface area (TPSA) is 90.4 Å². The van der Waals surface area contributed by atoms with Gasteiger partial charge in [0.1, 0.15) is 11.5 Å². The van der Waals surface area contributed by atoms with Crippen LogP contribution in [0.15, 0.2) is 36.7 Å². The van der Waals surface area contributed by atoms with Crippen molar-refractivity contribution in [2.75, 3.05) is 38.0 Å². The fourth-order valence-corrected chi connectivity index (χ4v) is 3.86. The molecule has 2 N–H and O–H groups in total. The van der Waals surface area contributed by atoms with Gasteiger partial charge in [0.15, 0.2) is 5.13 Å². The van der Waals surface area contributed by atoms with Gasteiger partial charge in [0, 0.05) is 31.6 Å². The molecule has 0 radical (unpaired) electrons. The minimum absolute atomic E-state index is 0.273. The van der Waals surface area contributed by atoms with Crippen LogP contribution < -0.4 is 20.1 Å². The zero-order valence-electron chi connectivity index (χ0n) is 16.3. The van der Waals surface area contributed by atoms with E-state index in [1.54, 1.807) is 31.8 Å². The van der Waals surface area contributed by atoms with Gasteiger partial charge in [-0.25, -0.2) is 15.0 Å². The lowest BCUT2D eigenvalue weighted by Gasteiger charge is -2.11. The predicted octanol–water partition coefficient (Wildman–Crippen LogP) is 3.95. The fraction of sp³-hybridized carbons (Fsp3) is 0.350. The molecule has 152 valence electrons. The highest BCUT2D eigenvalue weighted by atomic mass is 32.1. The molecule has 1 atom stereocenters. The van der Waals surface area contributed by atoms with Gasteiger partial charge in [-0.2, -0.15) is 0 Å². The molecule has 0 aliphatic carbocycles. The third-order valence-corrected chi connectivity index (χ3v) is 5.55. The van der Waals surface area contributed by atoms with E-state index < -0.39 is 0 Å². The van der Waals surface area contributed by atoms with Crippen LogP contribution in [0.1, 0.15) is 12.8 Å². The van der Waals surface area contributed by atoms with E-state index in [2.05, 4.69) is 25.6 Å². The third-order valence-electron chi connectivity index (χ3n) is 4.57. The lowest BCUT2D eigenvalue weighted by Crippen LogP contribution is -2.18. The number of benzene rings is 1. The predicted molar refractivity (Wildman–Crippen MR) is 113 cm³/mol. The molecule has 1 unspecified atom stereocenters. The Morgan fingerprint density at radius 3 is 2.93 bits per heavy atom. The van der Waals surface area contributed by atoms with Gasteiger partial charge in [0.2, 0.25) is 5.95 Å². The highest BCUT2D eigenvalue weighted by Gasteiger charge is 2.16. The highest BCUT2D eigenvalue weighted by molar-refractivity contribution is 7.18. The van der Waals surface area contributed by atoms with Crippen molar-refractivity contribution in [1.82, 2.24) is 15.0 Å². The maximum absolute atomic E-state index is 5.64. The minimum atomic E-state index is 0.273. The quantitative estimate of drug-likeness (QED) is 0.574. The first-order chi connectivity index (χ1) is 14.2. The zero-order valence-corrected chi connectivity index (χ0v) is 17.2. The molecular weight excluding hydrogens is 390 g/mol. The molecule has 9 heteroatoms. The minimum Gasteiger partial charge on any atom is -0.497 e. The van der Waals surface area contributed by atoms with Gasteiger partial charge in [-0.3, -0.25) is 0 Å². The van der Waals surface area contributed by atoms with Gasteiger partial charge in [-0.15, -0.1) is 0 Å². The average Bonchev–Trinajstić information content (AvgIpc) is 3.44. The van der Waals surface area contributed by atoms with Crippen LogP contribution in [0, 0.1) is 0 Å². The van der Waals surface area contributed by atoms with E-state index in [-0.39, 0.29) is 6.10 Å². The number of anilines is 3. The van der Waals surface area contributed by atoms with E-state index >= 15 is 0 Å². The number of aromatic nitrogens is 3. The zero-order chi connectivity index (χ0) is 20.1. The summed E-state index contributed by atoms with van der Waals surface area (Å²) < 4.78 is 16.3. The summed E-state index contributed by atoms with van der Waals surface area (Å²) in [7, 11) is 3.24. The van der Waals surface area contributed by atoms with E-state index in [0.717, 1.165) is 47.4 Å². The van der Waals surface area contributed by atoms with Crippen LogP contribution in [0.4, 0.5) is 16.8 Å². The second-order valence-corrected chi connectivity index (χ2v) is 7.53. The number of methoxy groups -OCH3 is 2. The highest BCUT2D eigenvalue weighted by Crippen LogP contribution is 2.32. The number of thiazole rings is 1. The van der Waals surface area contributed by atoms with Crippen molar-refractivity contribution in [1.29, 1.82) is 0 Å². The van der Waals surface area contributed by atoms with Crippen LogP contribution >= 0.6 is 11.3 Å². The second kappa shape index (κ2) is 9.06. The van der Waals surface area contributed by atoms with Crippen molar-refractivity contribution >= 4 is 28.1 Å². The summed E-state index contributed by atoms with van der Waals surface area (Å²) >= 11 is 1.56. The Balaban J connectivity index is 1.48. The van der Waals surface area contributed by atoms with E-state index in [9.17, 15) is 0 Å². The third kappa shape index (κ3) is 4.75. The number of nitrogens with zero attached hydrogens (tertiary/aromatic N) is 3. The van der Waals surface area contributed by atoms with Crippen LogP contribution in [0.25, 0.3) is 10.6 Å². The first-order valence-corrected chi connectivity index (χ1v) is 10.2. The van der Waals surface area contributed by atoms with Gasteiger partial charge in [0.05, 0.1) is 36.6 Å². The molecule has 4 rings (SSSR count). The Hall–Kier alpha value is -2.91. The van der Waals surface area contributed by atoms with Crippen molar-refractivity contribution < 1.29 is 14.2 Å². The van der Waals surface area contributed by atoms with Gasteiger partial charge < -0.3 is 24.8 Å². The molecule has 8 nitrogen and oxygen atoms in total. The fourth-order valence-electron chi connectivity index (χ4n) is 3.07. The molecule has 1 aliphatic rings. The Morgan fingerprint density at radius 2 is 2.14 bits per heavy atom. The SMILES string of the molecule is COc1ccc(OC)c(Nc2nccc(-c3cnc(NCC4CCCO4)s3)n2)c1. The molecule has 0 bridgehead atoms. The molecule has 3 aromatic rings. The lowest BCUT2D eigenvalue weighted by atomic mass is 10.2. The average molecular weight is 414 g/mol. The number of hydrogen-bond donors (Lipinski definition) is 2. The monoisotopic (exact) mass is 413 g/mol. The van der Waals surface area contributed by atoms with E-state index in [1.807, 2.05) is 30.5 Å². The van der Waals surface area contributed by atoms with Gasteiger partial charge in [-0.05, 0) is 31.0 Å². The molecule has 1 saturated heterocycles. The molecule has 0 amide bonds. The molecule has 2 aromatic heterocycles. The summed E-state index contributed by atoms with van der Waals surface area (Å²) in [5.41, 5.74) is 1.53. The number of rotatable bonds is 8. The van der Waals surface area contributed by atoms with Gasteiger partial charge >= 0.3 is 0 Å². The van der Waals surface area contributed by atoms with Crippen LogP contribution in [-0.4, -0.2) is 48.4 Å². The summed E-state index contributed by atoms with van der Waals surface area (Å²) in [5, 5.41) is 7.41. The lowest BCUT2D eigenvalue weighted by molar-refractivity contribution is 0.120. The Kier molecular flexibility index (Phi) is 6.06. The smallest absolute Gasteiger partial charge is 0.227 e. The maximum atomic E-state index is 5.64. The molecule has 1 fully saturated rings. The maximum Gasteiger partial charge on any atom is 0.227 e. The standard InChI is InChI=1S/C20H23N5O3S/c1-26-13-5-6-17(27-2)16(10-13)25-19-21-8-7-15(24-19)18-12-23-20(29-18)22-11-14-4-3-9-28-14/h5-8,10,12,14H,3-4,9,11H2,1-2H3,(H,22,23)(H,21,24,25). The van der Waals surface area contributed by atoms with Crippen molar-refractivity contribution in [2.45, 2.75) is 18.9 Å². The first-order valence-electron chi connectivity index (χ1n) is 9.39. The van der Waals surface area contributed by atoms with Crippen LogP contribution in [0.2, 0.25) is 0 Å². The molecule has 1 aliphatic heterocycles. The van der Waals surface area contributed by atoms with E-state index in [1.165, 1.54) is 0 Å². The van der Waals surface area contributed by atoms with Crippen LogP contribution in [0.3, 0.4) is 0 Å². The molecule has 29 heavy (non-hydrogen) atoms. The first kappa shape index (κ1) is 19.4. The van der Waals surface area contributed by atoms with Crippen molar-refractivity contribution in [3.63, 3.8) is 0 Å².